The van der Waals surface area contributed by atoms with Gasteiger partial charge in [-0.1, -0.05) is 36.4 Å². The number of ether oxygens (including phenoxy) is 2. The van der Waals surface area contributed by atoms with Gasteiger partial charge >= 0.3 is 0 Å². The average Bonchev–Trinajstić information content (AvgIpc) is 3.24. The Hall–Kier alpha value is -4.59. The van der Waals surface area contributed by atoms with Crippen LogP contribution in [0.3, 0.4) is 0 Å². The lowest BCUT2D eigenvalue weighted by atomic mass is 9.97. The number of carbonyl (C=O) groups is 2. The molecule has 0 fully saturated rings. The molecule has 0 saturated heterocycles. The van der Waals surface area contributed by atoms with Crippen LogP contribution in [0.2, 0.25) is 0 Å². The number of nitrogens with zero attached hydrogens (tertiary/aromatic N) is 3. The number of hydrogen-bond donors (Lipinski definition) is 1. The van der Waals surface area contributed by atoms with E-state index in [0.29, 0.717) is 34.0 Å². The number of anilines is 1. The molecule has 1 aliphatic heterocycles. The molecule has 2 N–H and O–H groups in total. The van der Waals surface area contributed by atoms with Gasteiger partial charge in [0.2, 0.25) is 6.17 Å². The standard InChI is InChI=1S/C28H26N4O4/c1-16-13-22(35-3)24(23(14-16)36-4)25-18-10-6-8-12-20(18)31(2)28(34)27(30-25)32-19-11-7-5-9-17(19)15-21(32)26(29)33/h5-15,27H,1-4H3,(H2,29,33). The Kier molecular flexibility index (Phi) is 5.72. The highest BCUT2D eigenvalue weighted by Gasteiger charge is 2.35. The number of aryl methyl sites for hydroxylation is 1. The van der Waals surface area contributed by atoms with Crippen LogP contribution in [0.5, 0.6) is 11.5 Å². The minimum Gasteiger partial charge on any atom is -0.496 e. The third-order valence-corrected chi connectivity index (χ3v) is 6.46. The second-order valence-corrected chi connectivity index (χ2v) is 8.63. The number of carbonyl (C=O) groups excluding carboxylic acids is 2. The Morgan fingerprint density at radius 2 is 1.61 bits per heavy atom. The fourth-order valence-electron chi connectivity index (χ4n) is 4.78. The number of methoxy groups -OCH3 is 2. The maximum atomic E-state index is 13.9. The van der Waals surface area contributed by atoms with Crippen molar-refractivity contribution in [3.8, 4) is 11.5 Å². The summed E-state index contributed by atoms with van der Waals surface area (Å²) in [4.78, 5) is 33.0. The van der Waals surface area contributed by atoms with Crippen LogP contribution in [0.1, 0.15) is 33.3 Å². The Balaban J connectivity index is 1.89. The van der Waals surface area contributed by atoms with Crippen molar-refractivity contribution in [1.29, 1.82) is 0 Å². The summed E-state index contributed by atoms with van der Waals surface area (Å²) in [5.41, 5.74) is 10.1. The zero-order chi connectivity index (χ0) is 25.6. The summed E-state index contributed by atoms with van der Waals surface area (Å²) < 4.78 is 13.1. The molecule has 8 heteroatoms. The van der Waals surface area contributed by atoms with Crippen molar-refractivity contribution >= 4 is 34.1 Å². The fourth-order valence-corrected chi connectivity index (χ4v) is 4.78. The number of hydrogen-bond acceptors (Lipinski definition) is 5. The number of primary amides is 1. The van der Waals surface area contributed by atoms with Gasteiger partial charge in [0, 0.05) is 18.0 Å². The molecule has 1 aliphatic rings. The highest BCUT2D eigenvalue weighted by atomic mass is 16.5. The van der Waals surface area contributed by atoms with E-state index in [0.717, 1.165) is 16.5 Å². The first-order valence-corrected chi connectivity index (χ1v) is 11.4. The first-order valence-electron chi connectivity index (χ1n) is 11.4. The lowest BCUT2D eigenvalue weighted by Crippen LogP contribution is -2.34. The molecule has 2 heterocycles. The quantitative estimate of drug-likeness (QED) is 0.463. The van der Waals surface area contributed by atoms with Crippen LogP contribution in [0.25, 0.3) is 10.9 Å². The van der Waals surface area contributed by atoms with Gasteiger partial charge in [0.1, 0.15) is 17.2 Å². The second-order valence-electron chi connectivity index (χ2n) is 8.63. The molecule has 0 spiro atoms. The molecule has 0 aliphatic carbocycles. The number of likely N-dealkylation sites (N-methyl/N-ethyl adjacent to an activating group) is 1. The van der Waals surface area contributed by atoms with Crippen molar-refractivity contribution in [3.63, 3.8) is 0 Å². The van der Waals surface area contributed by atoms with Crippen LogP contribution in [-0.2, 0) is 4.79 Å². The third kappa shape index (κ3) is 3.58. The highest BCUT2D eigenvalue weighted by Crippen LogP contribution is 2.39. The van der Waals surface area contributed by atoms with Crippen LogP contribution < -0.4 is 20.1 Å². The number of rotatable bonds is 5. The minimum absolute atomic E-state index is 0.194. The van der Waals surface area contributed by atoms with E-state index in [9.17, 15) is 9.59 Å². The van der Waals surface area contributed by atoms with Gasteiger partial charge in [-0.05, 0) is 42.8 Å². The van der Waals surface area contributed by atoms with E-state index in [-0.39, 0.29) is 11.6 Å². The van der Waals surface area contributed by atoms with Gasteiger partial charge in [0.25, 0.3) is 11.8 Å². The van der Waals surface area contributed by atoms with Crippen molar-refractivity contribution in [1.82, 2.24) is 4.57 Å². The Morgan fingerprint density at radius 3 is 2.28 bits per heavy atom. The van der Waals surface area contributed by atoms with E-state index in [1.807, 2.05) is 67.6 Å². The predicted octanol–water partition coefficient (Wildman–Crippen LogP) is 4.08. The van der Waals surface area contributed by atoms with Crippen molar-refractivity contribution in [3.05, 3.63) is 89.1 Å². The fraction of sp³-hybridized carbons (Fsp3) is 0.179. The predicted molar refractivity (Wildman–Crippen MR) is 139 cm³/mol. The first-order chi connectivity index (χ1) is 17.3. The van der Waals surface area contributed by atoms with Crippen molar-refractivity contribution in [2.24, 2.45) is 10.7 Å². The van der Waals surface area contributed by atoms with Crippen LogP contribution in [0, 0.1) is 6.92 Å². The summed E-state index contributed by atoms with van der Waals surface area (Å²) in [6.07, 6.45) is -1.10. The monoisotopic (exact) mass is 482 g/mol. The molecule has 5 rings (SSSR count). The molecule has 0 radical (unpaired) electrons. The summed E-state index contributed by atoms with van der Waals surface area (Å²) in [5, 5.41) is 0.783. The van der Waals surface area contributed by atoms with Crippen LogP contribution >= 0.6 is 0 Å². The van der Waals surface area contributed by atoms with Gasteiger partial charge in [-0.2, -0.15) is 0 Å². The zero-order valence-electron chi connectivity index (χ0n) is 20.5. The Labute approximate surface area is 208 Å². The smallest absolute Gasteiger partial charge is 0.272 e. The maximum absolute atomic E-state index is 13.9. The molecule has 1 unspecified atom stereocenters. The van der Waals surface area contributed by atoms with Crippen LogP contribution in [-0.4, -0.2) is 43.4 Å². The molecular formula is C28H26N4O4. The average molecular weight is 483 g/mol. The van der Waals surface area contributed by atoms with E-state index in [4.69, 9.17) is 20.2 Å². The Morgan fingerprint density at radius 1 is 0.972 bits per heavy atom. The second kappa shape index (κ2) is 8.88. The first kappa shape index (κ1) is 23.2. The SMILES string of the molecule is COc1cc(C)cc(OC)c1C1=NC(n2c(C(N)=O)cc3ccccc32)C(=O)N(C)c2ccccc21. The molecule has 1 aromatic heterocycles. The maximum Gasteiger partial charge on any atom is 0.272 e. The van der Waals surface area contributed by atoms with Gasteiger partial charge in [-0.15, -0.1) is 0 Å². The summed E-state index contributed by atoms with van der Waals surface area (Å²) in [5.74, 6) is 0.157. The summed E-state index contributed by atoms with van der Waals surface area (Å²) in [6.45, 7) is 1.95. The number of fused-ring (bicyclic) bond motifs is 2. The number of para-hydroxylation sites is 2. The number of benzodiazepines with no additional fused rings is 1. The molecule has 182 valence electrons. The van der Waals surface area contributed by atoms with Crippen molar-refractivity contribution < 1.29 is 19.1 Å². The number of amides is 2. The zero-order valence-corrected chi connectivity index (χ0v) is 20.5. The molecule has 0 bridgehead atoms. The highest BCUT2D eigenvalue weighted by molar-refractivity contribution is 6.22. The molecule has 1 atom stereocenters. The van der Waals surface area contributed by atoms with E-state index >= 15 is 0 Å². The van der Waals surface area contributed by atoms with E-state index in [2.05, 4.69) is 0 Å². The van der Waals surface area contributed by atoms with Crippen molar-refractivity contribution in [2.75, 3.05) is 26.2 Å². The van der Waals surface area contributed by atoms with Gasteiger partial charge in [-0.25, -0.2) is 4.99 Å². The number of benzene rings is 3. The Bertz CT molecular complexity index is 1530. The molecule has 36 heavy (non-hydrogen) atoms. The van der Waals surface area contributed by atoms with Crippen molar-refractivity contribution in [2.45, 2.75) is 13.1 Å². The lowest BCUT2D eigenvalue weighted by Gasteiger charge is -2.22. The normalized spacial score (nSPS) is 15.3. The van der Waals surface area contributed by atoms with Gasteiger partial charge < -0.3 is 24.7 Å². The van der Waals surface area contributed by atoms with Crippen LogP contribution in [0.4, 0.5) is 5.69 Å². The minimum atomic E-state index is -1.10. The molecule has 2 amide bonds. The number of aromatic nitrogens is 1. The summed E-state index contributed by atoms with van der Waals surface area (Å²) in [7, 11) is 4.87. The van der Waals surface area contributed by atoms with Gasteiger partial charge in [-0.3, -0.25) is 9.59 Å². The van der Waals surface area contributed by atoms with Gasteiger partial charge in [0.15, 0.2) is 0 Å². The molecular weight excluding hydrogens is 456 g/mol. The largest absolute Gasteiger partial charge is 0.496 e. The summed E-state index contributed by atoms with van der Waals surface area (Å²) in [6, 6.07) is 20.4. The van der Waals surface area contributed by atoms with Gasteiger partial charge in [0.05, 0.1) is 36.7 Å². The van der Waals surface area contributed by atoms with E-state index < -0.39 is 12.1 Å². The molecule has 8 nitrogen and oxygen atoms in total. The third-order valence-electron chi connectivity index (χ3n) is 6.46. The number of nitrogens with two attached hydrogens (primary N) is 1. The molecule has 4 aromatic rings. The summed E-state index contributed by atoms with van der Waals surface area (Å²) >= 11 is 0. The molecule has 3 aromatic carbocycles. The van der Waals surface area contributed by atoms with E-state index in [1.165, 1.54) is 0 Å². The lowest BCUT2D eigenvalue weighted by molar-refractivity contribution is -0.121. The topological polar surface area (TPSA) is 99.1 Å². The number of aliphatic imine (C=N–C) groups is 1. The van der Waals surface area contributed by atoms with Crippen LogP contribution in [0.15, 0.2) is 71.7 Å². The van der Waals surface area contributed by atoms with E-state index in [1.54, 1.807) is 36.8 Å². The molecule has 0 saturated carbocycles.